The molecule has 1 amide bonds. The molecule has 0 saturated carbocycles. The molecule has 4 nitrogen and oxygen atoms in total. The average Bonchev–Trinajstić information content (AvgIpc) is 2.48. The molecule has 1 aliphatic heterocycles. The molecule has 21 heavy (non-hydrogen) atoms. The smallest absolute Gasteiger partial charge is 0.283 e. The highest BCUT2D eigenvalue weighted by molar-refractivity contribution is 7.17. The van der Waals surface area contributed by atoms with Gasteiger partial charge < -0.3 is 15.5 Å². The lowest BCUT2D eigenvalue weighted by molar-refractivity contribution is -0.119. The van der Waals surface area contributed by atoms with Crippen molar-refractivity contribution in [2.75, 3.05) is 33.2 Å². The van der Waals surface area contributed by atoms with Crippen molar-refractivity contribution in [3.63, 3.8) is 0 Å². The van der Waals surface area contributed by atoms with Crippen LogP contribution in [0.25, 0.3) is 0 Å². The van der Waals surface area contributed by atoms with Gasteiger partial charge in [0.15, 0.2) is 0 Å². The van der Waals surface area contributed by atoms with Crippen LogP contribution in [0.4, 0.5) is 8.78 Å². The van der Waals surface area contributed by atoms with Gasteiger partial charge in [0.2, 0.25) is 6.41 Å². The molecule has 1 saturated heterocycles. The van der Waals surface area contributed by atoms with Gasteiger partial charge in [-0.05, 0) is 18.7 Å². The number of nitrogens with zero attached hydrogens (tertiary/aromatic N) is 2. The molecule has 1 aromatic rings. The van der Waals surface area contributed by atoms with Crippen molar-refractivity contribution in [1.29, 1.82) is 0 Å². The normalized spacial score (nSPS) is 16.1. The summed E-state index contributed by atoms with van der Waals surface area (Å²) in [4.78, 5) is 14.2. The number of piperazine rings is 1. The van der Waals surface area contributed by atoms with E-state index in [-0.39, 0.29) is 12.1 Å². The first-order chi connectivity index (χ1) is 9.86. The van der Waals surface area contributed by atoms with E-state index < -0.39 is 5.66 Å². The van der Waals surface area contributed by atoms with E-state index in [0.717, 1.165) is 38.2 Å². The largest absolute Gasteiger partial charge is 0.343 e. The highest BCUT2D eigenvalue weighted by Crippen LogP contribution is 2.34. The fourth-order valence-electron chi connectivity index (χ4n) is 1.83. The highest BCUT2D eigenvalue weighted by atomic mass is 31.0. The van der Waals surface area contributed by atoms with E-state index in [1.165, 1.54) is 21.4 Å². The number of nitrogens with two attached hydrogens (primary N) is 1. The van der Waals surface area contributed by atoms with E-state index in [1.54, 1.807) is 17.0 Å². The topological polar surface area (TPSA) is 49.6 Å². The summed E-state index contributed by atoms with van der Waals surface area (Å²) in [6, 6.07) is 6.09. The van der Waals surface area contributed by atoms with Crippen LogP contribution in [0.5, 0.6) is 0 Å². The fraction of sp³-hybridized carbons (Fsp3) is 0.500. The van der Waals surface area contributed by atoms with Crippen molar-refractivity contribution in [3.8, 4) is 0 Å². The summed E-state index contributed by atoms with van der Waals surface area (Å²) in [5.41, 5.74) is 3.15. The maximum absolute atomic E-state index is 12.7. The Bertz CT molecular complexity index is 446. The van der Waals surface area contributed by atoms with Crippen molar-refractivity contribution in [2.24, 2.45) is 5.73 Å². The maximum atomic E-state index is 12.7. The minimum atomic E-state index is -2.86. The number of halogens is 2. The van der Waals surface area contributed by atoms with Gasteiger partial charge in [-0.15, -0.1) is 0 Å². The van der Waals surface area contributed by atoms with Crippen LogP contribution in [0.2, 0.25) is 0 Å². The highest BCUT2D eigenvalue weighted by Gasteiger charge is 2.23. The first-order valence-electron chi connectivity index (χ1n) is 6.71. The van der Waals surface area contributed by atoms with Gasteiger partial charge in [0, 0.05) is 38.3 Å². The monoisotopic (exact) mass is 317 g/mol. The lowest BCUT2D eigenvalue weighted by Crippen LogP contribution is -2.43. The zero-order valence-electron chi connectivity index (χ0n) is 12.1. The summed E-state index contributed by atoms with van der Waals surface area (Å²) < 4.78 is 25.4. The van der Waals surface area contributed by atoms with E-state index in [4.69, 9.17) is 5.73 Å². The zero-order valence-corrected chi connectivity index (χ0v) is 13.3. The van der Waals surface area contributed by atoms with E-state index in [1.807, 2.05) is 0 Å². The van der Waals surface area contributed by atoms with Gasteiger partial charge in [0.1, 0.15) is 0 Å². The van der Waals surface area contributed by atoms with Crippen LogP contribution in [-0.2, 0) is 17.0 Å². The molecular weight excluding hydrogens is 295 g/mol. The number of likely N-dealkylation sites (N-methyl/N-ethyl adjacent to an activating group) is 1. The summed E-state index contributed by atoms with van der Waals surface area (Å²) in [5.74, 6) is 0. The third-order valence-corrected chi connectivity index (χ3v) is 3.57. The first kappa shape index (κ1) is 18.0. The van der Waals surface area contributed by atoms with Gasteiger partial charge in [-0.1, -0.05) is 27.4 Å². The number of carbonyl (C=O) groups excluding carboxylic acids is 1. The van der Waals surface area contributed by atoms with Crippen LogP contribution in [0, 0.1) is 0 Å². The van der Waals surface area contributed by atoms with Crippen molar-refractivity contribution in [1.82, 2.24) is 9.80 Å². The molecule has 2 rings (SSSR count). The number of benzene rings is 1. The van der Waals surface area contributed by atoms with Gasteiger partial charge in [-0.2, -0.15) is 8.78 Å². The van der Waals surface area contributed by atoms with Gasteiger partial charge in [0.05, 0.1) is 0 Å². The third-order valence-electron chi connectivity index (χ3n) is 3.23. The van der Waals surface area contributed by atoms with Gasteiger partial charge in [-0.25, -0.2) is 0 Å². The summed E-state index contributed by atoms with van der Waals surface area (Å²) in [6.07, 6.45) is 0.924. The molecule has 1 atom stereocenters. The standard InChI is InChI=1S/C8H10F2NP.C6H12N2O/c9-8(10,12)7-3-1-2-6(4-7)5-11;1-7-2-4-8(6-9)5-3-7/h1-4H,5,11-12H2;6H,2-5H2,1H3. The predicted octanol–water partition coefficient (Wildman–Crippen LogP) is 1.46. The quantitative estimate of drug-likeness (QED) is 0.678. The molecule has 1 aromatic carbocycles. The average molecular weight is 317 g/mol. The van der Waals surface area contributed by atoms with Crippen LogP contribution in [-0.4, -0.2) is 49.4 Å². The van der Waals surface area contributed by atoms with E-state index in [0.29, 0.717) is 0 Å². The Balaban J connectivity index is 0.000000219. The van der Waals surface area contributed by atoms with E-state index in [2.05, 4.69) is 11.9 Å². The SMILES string of the molecule is CN1CCN(C=O)CC1.NCc1cccc(C(F)(F)P)c1. The second-order valence-corrected chi connectivity index (χ2v) is 5.70. The summed E-state index contributed by atoms with van der Waals surface area (Å²) in [5, 5.41) is 0. The molecule has 0 radical (unpaired) electrons. The minimum Gasteiger partial charge on any atom is -0.343 e. The van der Waals surface area contributed by atoms with Crippen LogP contribution in [0.1, 0.15) is 11.1 Å². The molecule has 1 fully saturated rings. The Hall–Kier alpha value is -1.10. The molecule has 0 bridgehead atoms. The van der Waals surface area contributed by atoms with Crippen LogP contribution in [0.15, 0.2) is 24.3 Å². The molecule has 0 aliphatic carbocycles. The summed E-state index contributed by atoms with van der Waals surface area (Å²) >= 11 is 0. The van der Waals surface area contributed by atoms with Crippen LogP contribution in [0.3, 0.4) is 0 Å². The third kappa shape index (κ3) is 6.46. The minimum absolute atomic E-state index is 0.0181. The molecule has 2 N–H and O–H groups in total. The molecule has 1 heterocycles. The molecule has 0 aromatic heterocycles. The number of carbonyl (C=O) groups is 1. The molecule has 7 heteroatoms. The Morgan fingerprint density at radius 1 is 1.33 bits per heavy atom. The maximum Gasteiger partial charge on any atom is 0.283 e. The molecule has 0 spiro atoms. The number of rotatable bonds is 3. The number of alkyl halides is 2. The molecular formula is C14H22F2N3OP. The van der Waals surface area contributed by atoms with Gasteiger partial charge in [-0.3, -0.25) is 4.79 Å². The molecule has 1 unspecified atom stereocenters. The summed E-state index contributed by atoms with van der Waals surface area (Å²) in [6.45, 7) is 4.09. The summed E-state index contributed by atoms with van der Waals surface area (Å²) in [7, 11) is 3.57. The zero-order chi connectivity index (χ0) is 15.9. The Morgan fingerprint density at radius 2 is 1.95 bits per heavy atom. The van der Waals surface area contributed by atoms with Crippen LogP contribution < -0.4 is 5.73 Å². The first-order valence-corrected chi connectivity index (χ1v) is 7.28. The predicted molar refractivity (Wildman–Crippen MR) is 83.1 cm³/mol. The Labute approximate surface area is 126 Å². The molecule has 1 aliphatic rings. The van der Waals surface area contributed by atoms with Crippen molar-refractivity contribution >= 4 is 15.6 Å². The second-order valence-electron chi connectivity index (χ2n) is 4.97. The number of amides is 1. The van der Waals surface area contributed by atoms with Crippen molar-refractivity contribution < 1.29 is 13.6 Å². The van der Waals surface area contributed by atoms with E-state index in [9.17, 15) is 13.6 Å². The lowest BCUT2D eigenvalue weighted by Gasteiger charge is -2.29. The Morgan fingerprint density at radius 3 is 2.43 bits per heavy atom. The van der Waals surface area contributed by atoms with Gasteiger partial charge in [0.25, 0.3) is 5.66 Å². The molecule has 118 valence electrons. The number of hydrogen-bond acceptors (Lipinski definition) is 3. The lowest BCUT2D eigenvalue weighted by atomic mass is 10.1. The van der Waals surface area contributed by atoms with Crippen molar-refractivity contribution in [2.45, 2.75) is 12.2 Å². The second kappa shape index (κ2) is 8.37. The van der Waals surface area contributed by atoms with Crippen LogP contribution >= 0.6 is 9.24 Å². The fourth-order valence-corrected chi connectivity index (χ4v) is 2.01. The number of hydrogen-bond donors (Lipinski definition) is 1. The Kier molecular flexibility index (Phi) is 7.15. The van der Waals surface area contributed by atoms with E-state index >= 15 is 0 Å². The van der Waals surface area contributed by atoms with Crippen molar-refractivity contribution in [3.05, 3.63) is 35.4 Å². The van der Waals surface area contributed by atoms with Gasteiger partial charge >= 0.3 is 0 Å².